The first kappa shape index (κ1) is 28.4. The molecule has 4 aromatic carbocycles. The van der Waals surface area contributed by atoms with Crippen LogP contribution in [0.3, 0.4) is 0 Å². The molecule has 0 radical (unpaired) electrons. The van der Waals surface area contributed by atoms with E-state index in [-0.39, 0.29) is 6.04 Å². The summed E-state index contributed by atoms with van der Waals surface area (Å²) in [7, 11) is 0. The Morgan fingerprint density at radius 3 is 2.14 bits per heavy atom. The summed E-state index contributed by atoms with van der Waals surface area (Å²) in [5, 5.41) is 11.6. The monoisotopic (exact) mass is 641 g/mol. The van der Waals surface area contributed by atoms with Gasteiger partial charge in [-0.3, -0.25) is 4.98 Å². The van der Waals surface area contributed by atoms with E-state index in [1.54, 1.807) is 0 Å². The van der Waals surface area contributed by atoms with E-state index >= 15 is 0 Å². The van der Waals surface area contributed by atoms with E-state index in [4.69, 9.17) is 9.97 Å². The van der Waals surface area contributed by atoms with Crippen molar-refractivity contribution in [2.75, 3.05) is 6.54 Å². The predicted octanol–water partition coefficient (Wildman–Crippen LogP) is 9.55. The quantitative estimate of drug-likeness (QED) is 0.200. The van der Waals surface area contributed by atoms with Crippen molar-refractivity contribution in [2.45, 2.75) is 6.04 Å². The number of fused-ring (bicyclic) bond motifs is 5. The van der Waals surface area contributed by atoms with Crippen LogP contribution in [0.2, 0.25) is 0 Å². The first-order valence-electron chi connectivity index (χ1n) is 17.0. The van der Waals surface area contributed by atoms with Gasteiger partial charge in [-0.1, -0.05) is 103 Å². The fourth-order valence-electron chi connectivity index (χ4n) is 7.46. The van der Waals surface area contributed by atoms with Crippen molar-refractivity contribution in [3.63, 3.8) is 0 Å². The van der Waals surface area contributed by atoms with Gasteiger partial charge in [0.05, 0.1) is 28.5 Å². The van der Waals surface area contributed by atoms with Crippen molar-refractivity contribution in [3.8, 4) is 33.6 Å². The van der Waals surface area contributed by atoms with Gasteiger partial charge in [0.1, 0.15) is 0 Å². The molecule has 1 aliphatic carbocycles. The summed E-state index contributed by atoms with van der Waals surface area (Å²) >= 11 is 0. The largest absolute Gasteiger partial charge is 0.382 e. The Morgan fingerprint density at radius 1 is 0.600 bits per heavy atom. The Labute approximate surface area is 289 Å². The molecule has 0 bridgehead atoms. The number of dihydropyridines is 2. The van der Waals surface area contributed by atoms with Gasteiger partial charge in [-0.15, -0.1) is 0 Å². The van der Waals surface area contributed by atoms with Crippen LogP contribution in [0.5, 0.6) is 0 Å². The van der Waals surface area contributed by atoms with E-state index in [0.717, 1.165) is 72.8 Å². The molecular formula is C45H31N5. The molecule has 1 atom stereocenters. The highest BCUT2D eigenvalue weighted by Crippen LogP contribution is 2.35. The number of nitrogens with zero attached hydrogens (tertiary/aromatic N) is 3. The predicted molar refractivity (Wildman–Crippen MR) is 205 cm³/mol. The van der Waals surface area contributed by atoms with E-state index in [9.17, 15) is 0 Å². The van der Waals surface area contributed by atoms with E-state index in [1.165, 1.54) is 28.0 Å². The molecular weight excluding hydrogens is 611 g/mol. The molecule has 5 heteroatoms. The highest BCUT2D eigenvalue weighted by Gasteiger charge is 2.27. The molecule has 7 aromatic rings. The number of pyridine rings is 3. The molecule has 0 spiro atoms. The average Bonchev–Trinajstić information content (AvgIpc) is 3.19. The standard InChI is InChI=1S/C45H31N5/c1-3-28-20-23-46-27-39(28)37(5-1)41-19-16-32-11-13-35(26-43(32)50-41)34-12-10-31-15-18-40(49-42(31)25-34)30-8-6-29(7-9-30)36-21-24-48-45-38(36)17-14-33-4-2-22-47-44(33)45/h1-21,23-27,45,47-48H,22H2. The normalized spacial score (nSPS) is 16.4. The molecule has 2 N–H and O–H groups in total. The summed E-state index contributed by atoms with van der Waals surface area (Å²) in [4.78, 5) is 14.6. The molecule has 5 heterocycles. The lowest BCUT2D eigenvalue weighted by Gasteiger charge is -2.33. The molecule has 3 aromatic heterocycles. The lowest BCUT2D eigenvalue weighted by atomic mass is 9.85. The Hall–Kier alpha value is -6.59. The third-order valence-electron chi connectivity index (χ3n) is 10.1. The number of allylic oxidation sites excluding steroid dienone is 5. The third kappa shape index (κ3) is 4.82. The van der Waals surface area contributed by atoms with E-state index < -0.39 is 0 Å². The minimum absolute atomic E-state index is 0.137. The van der Waals surface area contributed by atoms with Gasteiger partial charge in [-0.2, -0.15) is 0 Å². The van der Waals surface area contributed by atoms with Gasteiger partial charge in [-0.05, 0) is 81.4 Å². The summed E-state index contributed by atoms with van der Waals surface area (Å²) in [5.74, 6) is 0. The molecule has 10 rings (SSSR count). The van der Waals surface area contributed by atoms with Crippen LogP contribution in [0.15, 0.2) is 175 Å². The van der Waals surface area contributed by atoms with Crippen molar-refractivity contribution in [2.24, 2.45) is 0 Å². The molecule has 0 amide bonds. The summed E-state index contributed by atoms with van der Waals surface area (Å²) in [6, 6.07) is 38.8. The Balaban J connectivity index is 0.964. The number of benzene rings is 4. The first-order valence-corrected chi connectivity index (χ1v) is 17.0. The number of rotatable bonds is 4. The van der Waals surface area contributed by atoms with Gasteiger partial charge in [0.2, 0.25) is 0 Å². The van der Waals surface area contributed by atoms with Gasteiger partial charge < -0.3 is 10.6 Å². The van der Waals surface area contributed by atoms with Gasteiger partial charge in [0.25, 0.3) is 0 Å². The Morgan fingerprint density at radius 2 is 1.32 bits per heavy atom. The minimum atomic E-state index is 0.137. The molecule has 3 aliphatic rings. The van der Waals surface area contributed by atoms with Crippen molar-refractivity contribution >= 4 is 38.2 Å². The van der Waals surface area contributed by atoms with Crippen LogP contribution >= 0.6 is 0 Å². The molecule has 5 nitrogen and oxygen atoms in total. The van der Waals surface area contributed by atoms with E-state index in [0.29, 0.717) is 0 Å². The topological polar surface area (TPSA) is 62.7 Å². The zero-order chi connectivity index (χ0) is 33.0. The maximum Gasteiger partial charge on any atom is 0.0922 e. The smallest absolute Gasteiger partial charge is 0.0922 e. The lowest BCUT2D eigenvalue weighted by Crippen LogP contribution is -2.40. The second-order valence-corrected chi connectivity index (χ2v) is 13.0. The van der Waals surface area contributed by atoms with Crippen molar-refractivity contribution < 1.29 is 0 Å². The van der Waals surface area contributed by atoms with Crippen LogP contribution in [0.1, 0.15) is 5.56 Å². The van der Waals surface area contributed by atoms with Crippen molar-refractivity contribution in [1.82, 2.24) is 25.6 Å². The zero-order valence-corrected chi connectivity index (χ0v) is 27.1. The molecule has 0 fully saturated rings. The average molecular weight is 642 g/mol. The fraction of sp³-hybridized carbons (Fsp3) is 0.0444. The SMILES string of the molecule is C1=CC2=C(NC1)C1NC=CC(c3ccc(-c4ccc5ccc(-c6ccc7ccc(-c8cccc9ccncc89)nc7c6)cc5n4)cc3)=C1C=C2. The van der Waals surface area contributed by atoms with Crippen LogP contribution in [-0.2, 0) is 0 Å². The van der Waals surface area contributed by atoms with Crippen LogP contribution < -0.4 is 10.6 Å². The summed E-state index contributed by atoms with van der Waals surface area (Å²) in [5.41, 5.74) is 14.4. The number of hydrogen-bond acceptors (Lipinski definition) is 5. The van der Waals surface area contributed by atoms with Gasteiger partial charge in [-0.25, -0.2) is 9.97 Å². The summed E-state index contributed by atoms with van der Waals surface area (Å²) < 4.78 is 0. The second kappa shape index (κ2) is 11.5. The second-order valence-electron chi connectivity index (χ2n) is 13.0. The van der Waals surface area contributed by atoms with Gasteiger partial charge in [0, 0.05) is 51.9 Å². The summed E-state index contributed by atoms with van der Waals surface area (Å²) in [6.45, 7) is 0.858. The van der Waals surface area contributed by atoms with E-state index in [2.05, 4.69) is 155 Å². The van der Waals surface area contributed by atoms with Crippen LogP contribution in [-0.4, -0.2) is 27.5 Å². The van der Waals surface area contributed by atoms with Crippen molar-refractivity contribution in [3.05, 3.63) is 181 Å². The Kier molecular flexibility index (Phi) is 6.56. The number of nitrogens with one attached hydrogen (secondary N) is 2. The number of aromatic nitrogens is 3. The maximum atomic E-state index is 5.14. The molecule has 0 saturated heterocycles. The molecule has 1 unspecified atom stereocenters. The zero-order valence-electron chi connectivity index (χ0n) is 27.1. The lowest BCUT2D eigenvalue weighted by molar-refractivity contribution is 0.675. The first-order chi connectivity index (χ1) is 24.7. The number of hydrogen-bond donors (Lipinski definition) is 2. The fourth-order valence-corrected chi connectivity index (χ4v) is 7.46. The minimum Gasteiger partial charge on any atom is -0.382 e. The highest BCUT2D eigenvalue weighted by atomic mass is 15.0. The van der Waals surface area contributed by atoms with Crippen LogP contribution in [0, 0.1) is 0 Å². The molecule has 236 valence electrons. The Bertz CT molecular complexity index is 2670. The van der Waals surface area contributed by atoms with Gasteiger partial charge >= 0.3 is 0 Å². The highest BCUT2D eigenvalue weighted by molar-refractivity contribution is 5.97. The maximum absolute atomic E-state index is 5.14. The van der Waals surface area contributed by atoms with Crippen LogP contribution in [0.25, 0.3) is 71.8 Å². The van der Waals surface area contributed by atoms with E-state index in [1.807, 2.05) is 18.5 Å². The van der Waals surface area contributed by atoms with Crippen molar-refractivity contribution in [1.29, 1.82) is 0 Å². The molecule has 2 aliphatic heterocycles. The molecule has 50 heavy (non-hydrogen) atoms. The third-order valence-corrected chi connectivity index (χ3v) is 10.1. The summed E-state index contributed by atoms with van der Waals surface area (Å²) in [6.07, 6.45) is 16.8. The molecule has 0 saturated carbocycles. The van der Waals surface area contributed by atoms with Gasteiger partial charge in [0.15, 0.2) is 0 Å². The van der Waals surface area contributed by atoms with Crippen LogP contribution in [0.4, 0.5) is 0 Å².